The van der Waals surface area contributed by atoms with Crippen LogP contribution in [0.5, 0.6) is 0 Å². The van der Waals surface area contributed by atoms with Gasteiger partial charge >= 0.3 is 5.69 Å². The van der Waals surface area contributed by atoms with Crippen molar-refractivity contribution < 1.29 is 0 Å². The smallest absolute Gasteiger partial charge is 0.292 e. The Morgan fingerprint density at radius 3 is 2.41 bits per heavy atom. The number of tetrazole rings is 1. The van der Waals surface area contributed by atoms with Gasteiger partial charge in [-0.1, -0.05) is 43.7 Å². The number of nitrogens with zero attached hydrogens (tertiary/aromatic N) is 6. The van der Waals surface area contributed by atoms with Gasteiger partial charge in [0.1, 0.15) is 0 Å². The zero-order valence-corrected chi connectivity index (χ0v) is 19.3. The van der Waals surface area contributed by atoms with Crippen molar-refractivity contribution >= 4 is 0 Å². The molecule has 166 valence electrons. The molecule has 8 heteroatoms. The Hall–Kier alpha value is -3.55. The molecule has 0 unspecified atom stereocenters. The maximum atomic E-state index is 13.3. The minimum absolute atomic E-state index is 0.0330. The zero-order valence-electron chi connectivity index (χ0n) is 19.3. The molecule has 32 heavy (non-hydrogen) atoms. The number of pyridine rings is 1. The van der Waals surface area contributed by atoms with Crippen molar-refractivity contribution in [1.29, 1.82) is 0 Å². The molecule has 0 saturated heterocycles. The van der Waals surface area contributed by atoms with Crippen LogP contribution in [0.2, 0.25) is 0 Å². The second kappa shape index (κ2) is 8.53. The van der Waals surface area contributed by atoms with Gasteiger partial charge in [-0.15, -0.1) is 5.10 Å². The van der Waals surface area contributed by atoms with Crippen molar-refractivity contribution in [2.75, 3.05) is 0 Å². The molecule has 1 N–H and O–H groups in total. The summed E-state index contributed by atoms with van der Waals surface area (Å²) in [4.78, 5) is 18.0. The highest BCUT2D eigenvalue weighted by atomic mass is 16.2. The van der Waals surface area contributed by atoms with Gasteiger partial charge in [0, 0.05) is 34.3 Å². The quantitative estimate of drug-likeness (QED) is 0.499. The molecule has 0 bridgehead atoms. The van der Waals surface area contributed by atoms with Crippen LogP contribution in [0, 0.1) is 6.92 Å². The second-order valence-electron chi connectivity index (χ2n) is 9.00. The molecule has 4 aromatic rings. The first-order chi connectivity index (χ1) is 15.3. The highest BCUT2D eigenvalue weighted by Gasteiger charge is 2.24. The molecule has 0 amide bonds. The van der Waals surface area contributed by atoms with Crippen molar-refractivity contribution in [2.45, 2.75) is 59.5 Å². The van der Waals surface area contributed by atoms with Crippen molar-refractivity contribution in [2.24, 2.45) is 0 Å². The number of nitrogens with one attached hydrogen (secondary N) is 1. The van der Waals surface area contributed by atoms with Crippen LogP contribution in [0.3, 0.4) is 0 Å². The fraction of sp³-hybridized carbons (Fsp3) is 0.375. The van der Waals surface area contributed by atoms with Crippen LogP contribution in [-0.4, -0.2) is 34.7 Å². The SMILES string of the molecule is CCCc1c(C)n(C(C)(C)C)c(=O)n1Cc1ccc(-c2ccccc2-c2nnn[nH]2)nc1. The number of rotatable bonds is 6. The van der Waals surface area contributed by atoms with Crippen molar-refractivity contribution in [3.8, 4) is 22.6 Å². The van der Waals surface area contributed by atoms with E-state index < -0.39 is 0 Å². The number of hydrogen-bond donors (Lipinski definition) is 1. The first-order valence-corrected chi connectivity index (χ1v) is 10.9. The average Bonchev–Trinajstić information content (AvgIpc) is 3.37. The number of imidazole rings is 1. The normalized spacial score (nSPS) is 11.8. The standard InChI is InChI=1S/C24H29N7O/c1-6-9-21-16(2)31(24(3,4)5)23(32)30(21)15-17-12-13-20(25-14-17)18-10-7-8-11-19(18)22-26-28-29-27-22/h7-8,10-14H,6,9,15H2,1-5H3,(H,26,27,28,29). The topological polar surface area (TPSA) is 94.3 Å². The summed E-state index contributed by atoms with van der Waals surface area (Å²) in [6.45, 7) is 10.9. The molecule has 0 saturated carbocycles. The Balaban J connectivity index is 1.69. The molecule has 0 aliphatic heterocycles. The molecule has 0 fully saturated rings. The molecular weight excluding hydrogens is 402 g/mol. The molecule has 3 aromatic heterocycles. The maximum absolute atomic E-state index is 13.3. The summed E-state index contributed by atoms with van der Waals surface area (Å²) in [6, 6.07) is 11.9. The minimum Gasteiger partial charge on any atom is -0.292 e. The third-order valence-corrected chi connectivity index (χ3v) is 5.63. The number of hydrogen-bond acceptors (Lipinski definition) is 5. The highest BCUT2D eigenvalue weighted by Crippen LogP contribution is 2.28. The van der Waals surface area contributed by atoms with Crippen LogP contribution in [0.25, 0.3) is 22.6 Å². The molecule has 0 spiro atoms. The fourth-order valence-corrected chi connectivity index (χ4v) is 4.26. The van der Waals surface area contributed by atoms with Gasteiger partial charge < -0.3 is 0 Å². The Bertz CT molecular complexity index is 1260. The first-order valence-electron chi connectivity index (χ1n) is 10.9. The van der Waals surface area contributed by atoms with E-state index in [9.17, 15) is 4.79 Å². The third-order valence-electron chi connectivity index (χ3n) is 5.63. The molecular formula is C24H29N7O. The van der Waals surface area contributed by atoms with Gasteiger partial charge in [0.05, 0.1) is 12.2 Å². The molecule has 1 aromatic carbocycles. The fourth-order valence-electron chi connectivity index (χ4n) is 4.26. The lowest BCUT2D eigenvalue weighted by Gasteiger charge is -2.21. The monoisotopic (exact) mass is 431 g/mol. The van der Waals surface area contributed by atoms with Crippen LogP contribution >= 0.6 is 0 Å². The predicted octanol–water partition coefficient (Wildman–Crippen LogP) is 3.96. The maximum Gasteiger partial charge on any atom is 0.329 e. The Morgan fingerprint density at radius 1 is 1.06 bits per heavy atom. The minimum atomic E-state index is -0.268. The molecule has 0 radical (unpaired) electrons. The van der Waals surface area contributed by atoms with E-state index in [1.807, 2.05) is 58.7 Å². The number of H-pyrrole nitrogens is 1. The van der Waals surface area contributed by atoms with Gasteiger partial charge in [-0.2, -0.15) is 0 Å². The van der Waals surface area contributed by atoms with Gasteiger partial charge in [0.25, 0.3) is 0 Å². The summed E-state index contributed by atoms with van der Waals surface area (Å²) >= 11 is 0. The summed E-state index contributed by atoms with van der Waals surface area (Å²) in [5.41, 5.74) is 5.54. The van der Waals surface area contributed by atoms with E-state index in [1.54, 1.807) is 0 Å². The summed E-state index contributed by atoms with van der Waals surface area (Å²) in [5.74, 6) is 0.598. The van der Waals surface area contributed by atoms with E-state index in [0.717, 1.165) is 46.6 Å². The van der Waals surface area contributed by atoms with E-state index >= 15 is 0 Å². The molecule has 3 heterocycles. The van der Waals surface area contributed by atoms with Crippen LogP contribution < -0.4 is 5.69 Å². The lowest BCUT2D eigenvalue weighted by Crippen LogP contribution is -2.35. The van der Waals surface area contributed by atoms with Gasteiger partial charge in [0.15, 0.2) is 5.82 Å². The number of benzene rings is 1. The van der Waals surface area contributed by atoms with Gasteiger partial charge in [-0.25, -0.2) is 9.89 Å². The number of aromatic nitrogens is 7. The van der Waals surface area contributed by atoms with Crippen molar-refractivity contribution in [1.82, 2.24) is 34.7 Å². The van der Waals surface area contributed by atoms with Crippen LogP contribution in [0.4, 0.5) is 0 Å². The average molecular weight is 432 g/mol. The predicted molar refractivity (Wildman–Crippen MR) is 124 cm³/mol. The number of aromatic amines is 1. The summed E-state index contributed by atoms with van der Waals surface area (Å²) in [6.07, 6.45) is 3.70. The lowest BCUT2D eigenvalue weighted by atomic mass is 10.0. The highest BCUT2D eigenvalue weighted by molar-refractivity contribution is 5.78. The van der Waals surface area contributed by atoms with E-state index in [-0.39, 0.29) is 11.2 Å². The summed E-state index contributed by atoms with van der Waals surface area (Å²) < 4.78 is 3.80. The Labute approximate surface area is 187 Å². The largest absolute Gasteiger partial charge is 0.329 e. The van der Waals surface area contributed by atoms with E-state index in [0.29, 0.717) is 12.4 Å². The second-order valence-corrected chi connectivity index (χ2v) is 9.00. The van der Waals surface area contributed by atoms with Crippen LogP contribution in [-0.2, 0) is 18.5 Å². The van der Waals surface area contributed by atoms with E-state index in [2.05, 4.69) is 48.3 Å². The molecule has 0 atom stereocenters. The Kier molecular flexibility index (Phi) is 5.78. The van der Waals surface area contributed by atoms with E-state index in [1.165, 1.54) is 0 Å². The summed E-state index contributed by atoms with van der Waals surface area (Å²) in [5, 5.41) is 14.2. The lowest BCUT2D eigenvalue weighted by molar-refractivity contribution is 0.373. The van der Waals surface area contributed by atoms with Crippen LogP contribution in [0.1, 0.15) is 51.1 Å². The van der Waals surface area contributed by atoms with Gasteiger partial charge in [-0.3, -0.25) is 14.1 Å². The first kappa shape index (κ1) is 21.7. The zero-order chi connectivity index (χ0) is 22.9. The van der Waals surface area contributed by atoms with Crippen molar-refractivity contribution in [3.05, 3.63) is 70.0 Å². The Morgan fingerprint density at radius 2 is 1.81 bits per heavy atom. The molecule has 8 nitrogen and oxygen atoms in total. The molecule has 0 aliphatic rings. The molecule has 0 aliphatic carbocycles. The van der Waals surface area contributed by atoms with E-state index in [4.69, 9.17) is 4.98 Å². The van der Waals surface area contributed by atoms with Crippen LogP contribution in [0.15, 0.2) is 47.4 Å². The van der Waals surface area contributed by atoms with Gasteiger partial charge in [0.2, 0.25) is 0 Å². The molecule has 4 rings (SSSR count). The van der Waals surface area contributed by atoms with Gasteiger partial charge in [-0.05, 0) is 56.2 Å². The van der Waals surface area contributed by atoms with Crippen molar-refractivity contribution in [3.63, 3.8) is 0 Å². The third kappa shape index (κ3) is 4.00. The summed E-state index contributed by atoms with van der Waals surface area (Å²) in [7, 11) is 0.